The lowest BCUT2D eigenvalue weighted by Gasteiger charge is -2.26. The molecule has 7 rings (SSSR count). The standard InChI is InChI=1S/C40H30O10/c1-40(2,3)32-20-24(12-17-33(32)48-35(42)26-11-16-29-31(19-26)39(46)50-37(29)44)23-6-4-21(5-7-23)22-8-13-27(14-9-22)47-34(41)25-10-15-28-30(18-25)38(45)49-36(28)43/h6,8-21H,4-5,7H2,1-3H3. The highest BCUT2D eigenvalue weighted by Crippen LogP contribution is 2.40. The minimum Gasteiger partial charge on any atom is -0.423 e. The summed E-state index contributed by atoms with van der Waals surface area (Å²) in [6.07, 6.45) is 4.77. The Balaban J connectivity index is 1.02. The van der Waals surface area contributed by atoms with Gasteiger partial charge in [-0.3, -0.25) is 0 Å². The average Bonchev–Trinajstić information content (AvgIpc) is 3.56. The summed E-state index contributed by atoms with van der Waals surface area (Å²) in [7, 11) is 0. The molecule has 10 heteroatoms. The molecular weight excluding hydrogens is 640 g/mol. The van der Waals surface area contributed by atoms with Gasteiger partial charge < -0.3 is 18.9 Å². The third-order valence-electron chi connectivity index (χ3n) is 9.09. The van der Waals surface area contributed by atoms with Crippen molar-refractivity contribution in [3.63, 3.8) is 0 Å². The van der Waals surface area contributed by atoms with Crippen LogP contribution in [0.5, 0.6) is 11.5 Å². The zero-order valence-electron chi connectivity index (χ0n) is 27.4. The van der Waals surface area contributed by atoms with Crippen molar-refractivity contribution in [2.45, 2.75) is 51.4 Å². The Hall–Kier alpha value is -6.16. The lowest BCUT2D eigenvalue weighted by Crippen LogP contribution is -2.17. The Morgan fingerprint density at radius 3 is 1.76 bits per heavy atom. The Morgan fingerprint density at radius 2 is 1.22 bits per heavy atom. The topological polar surface area (TPSA) is 139 Å². The van der Waals surface area contributed by atoms with Crippen molar-refractivity contribution >= 4 is 41.4 Å². The number of hydrogen-bond acceptors (Lipinski definition) is 10. The molecule has 0 saturated heterocycles. The second-order valence-corrected chi connectivity index (χ2v) is 13.4. The third-order valence-corrected chi connectivity index (χ3v) is 9.09. The van der Waals surface area contributed by atoms with E-state index in [-0.39, 0.29) is 44.7 Å². The molecule has 1 unspecified atom stereocenters. The summed E-state index contributed by atoms with van der Waals surface area (Å²) in [5.41, 5.74) is 4.44. The van der Waals surface area contributed by atoms with Crippen LogP contribution in [-0.4, -0.2) is 35.8 Å². The smallest absolute Gasteiger partial charge is 0.346 e. The van der Waals surface area contributed by atoms with Crippen LogP contribution in [0, 0.1) is 0 Å². The molecule has 10 nitrogen and oxygen atoms in total. The molecule has 0 bridgehead atoms. The van der Waals surface area contributed by atoms with Crippen LogP contribution in [0.2, 0.25) is 0 Å². The largest absolute Gasteiger partial charge is 0.423 e. The fraction of sp³-hybridized carbons (Fsp3) is 0.200. The van der Waals surface area contributed by atoms with Gasteiger partial charge in [0.25, 0.3) is 0 Å². The first kappa shape index (κ1) is 32.4. The van der Waals surface area contributed by atoms with Crippen LogP contribution >= 0.6 is 0 Å². The normalized spacial score (nSPS) is 16.6. The van der Waals surface area contributed by atoms with Crippen molar-refractivity contribution in [1.29, 1.82) is 0 Å². The molecule has 50 heavy (non-hydrogen) atoms. The summed E-state index contributed by atoms with van der Waals surface area (Å²) < 4.78 is 20.5. The molecule has 0 spiro atoms. The number of ether oxygens (including phenoxy) is 4. The molecule has 2 aliphatic heterocycles. The van der Waals surface area contributed by atoms with Gasteiger partial charge in [0.05, 0.1) is 33.4 Å². The summed E-state index contributed by atoms with van der Waals surface area (Å²) in [5.74, 6) is -3.31. The Morgan fingerprint density at radius 1 is 0.660 bits per heavy atom. The summed E-state index contributed by atoms with van der Waals surface area (Å²) in [6, 6.07) is 21.4. The van der Waals surface area contributed by atoms with E-state index in [1.165, 1.54) is 42.0 Å². The van der Waals surface area contributed by atoms with E-state index in [0.717, 1.165) is 36.0 Å². The number of hydrogen-bond donors (Lipinski definition) is 0. The van der Waals surface area contributed by atoms with E-state index in [4.69, 9.17) is 9.47 Å². The van der Waals surface area contributed by atoms with Gasteiger partial charge in [-0.05, 0) is 108 Å². The van der Waals surface area contributed by atoms with Gasteiger partial charge in [0.2, 0.25) is 0 Å². The fourth-order valence-electron chi connectivity index (χ4n) is 6.36. The number of carbonyl (C=O) groups is 6. The first-order valence-corrected chi connectivity index (χ1v) is 16.0. The molecule has 4 aromatic carbocycles. The van der Waals surface area contributed by atoms with E-state index in [0.29, 0.717) is 11.5 Å². The number of rotatable bonds is 6. The van der Waals surface area contributed by atoms with Crippen LogP contribution in [0.3, 0.4) is 0 Å². The molecule has 0 amide bonds. The van der Waals surface area contributed by atoms with E-state index in [1.54, 1.807) is 18.2 Å². The minimum absolute atomic E-state index is 0.0413. The monoisotopic (exact) mass is 670 g/mol. The predicted octanol–water partition coefficient (Wildman–Crippen LogP) is 7.39. The quantitative estimate of drug-likeness (QED) is 0.116. The molecule has 0 aromatic heterocycles. The van der Waals surface area contributed by atoms with E-state index >= 15 is 0 Å². The van der Waals surface area contributed by atoms with E-state index in [1.807, 2.05) is 39.0 Å². The van der Waals surface area contributed by atoms with E-state index in [2.05, 4.69) is 21.6 Å². The van der Waals surface area contributed by atoms with Crippen LogP contribution in [-0.2, 0) is 14.9 Å². The van der Waals surface area contributed by atoms with E-state index < -0.39 is 35.8 Å². The van der Waals surface area contributed by atoms with Crippen molar-refractivity contribution < 1.29 is 47.7 Å². The molecule has 0 fully saturated rings. The van der Waals surface area contributed by atoms with Gasteiger partial charge in [-0.2, -0.15) is 0 Å². The maximum Gasteiger partial charge on any atom is 0.346 e. The molecule has 0 saturated carbocycles. The molecule has 250 valence electrons. The van der Waals surface area contributed by atoms with Crippen molar-refractivity contribution in [3.05, 3.63) is 135 Å². The van der Waals surface area contributed by atoms with Gasteiger partial charge in [0.1, 0.15) is 11.5 Å². The van der Waals surface area contributed by atoms with Gasteiger partial charge in [0.15, 0.2) is 0 Å². The van der Waals surface area contributed by atoms with Gasteiger partial charge in [-0.15, -0.1) is 0 Å². The lowest BCUT2D eigenvalue weighted by molar-refractivity contribution is 0.0425. The fourth-order valence-corrected chi connectivity index (χ4v) is 6.36. The molecular formula is C40H30O10. The number of esters is 6. The summed E-state index contributed by atoms with van der Waals surface area (Å²) >= 11 is 0. The summed E-state index contributed by atoms with van der Waals surface area (Å²) in [5, 5.41) is 0. The average molecular weight is 671 g/mol. The molecule has 4 aromatic rings. The first-order valence-electron chi connectivity index (χ1n) is 16.0. The van der Waals surface area contributed by atoms with Crippen LogP contribution < -0.4 is 9.47 Å². The molecule has 0 radical (unpaired) electrons. The third kappa shape index (κ3) is 6.11. The highest BCUT2D eigenvalue weighted by Gasteiger charge is 2.32. The minimum atomic E-state index is -0.788. The van der Waals surface area contributed by atoms with Crippen LogP contribution in [0.25, 0.3) is 5.57 Å². The summed E-state index contributed by atoms with van der Waals surface area (Å²) in [6.45, 7) is 6.11. The second-order valence-electron chi connectivity index (χ2n) is 13.4. The number of carbonyl (C=O) groups excluding carboxylic acids is 6. The van der Waals surface area contributed by atoms with Gasteiger partial charge in [-0.1, -0.05) is 45.0 Å². The Kier molecular flexibility index (Phi) is 8.02. The maximum absolute atomic E-state index is 13.1. The Bertz CT molecular complexity index is 2180. The molecule has 1 aliphatic carbocycles. The SMILES string of the molecule is CC(C)(C)c1cc(C2=CCC(c3ccc(OC(=O)c4ccc5c(c4)C(=O)OC5=O)cc3)CC2)ccc1OC(=O)c1ccc2c(c1)C(=O)OC2=O. The second kappa shape index (κ2) is 12.4. The zero-order chi connectivity index (χ0) is 35.3. The van der Waals surface area contributed by atoms with Crippen molar-refractivity contribution in [3.8, 4) is 11.5 Å². The van der Waals surface area contributed by atoms with Gasteiger partial charge >= 0.3 is 35.8 Å². The number of cyclic esters (lactones) is 4. The lowest BCUT2D eigenvalue weighted by atomic mass is 9.80. The van der Waals surface area contributed by atoms with Crippen LogP contribution in [0.4, 0.5) is 0 Å². The van der Waals surface area contributed by atoms with Crippen molar-refractivity contribution in [2.75, 3.05) is 0 Å². The molecule has 3 aliphatic rings. The number of allylic oxidation sites excluding steroid dienone is 2. The Labute approximate surface area is 286 Å². The maximum atomic E-state index is 13.1. The first-order chi connectivity index (χ1) is 23.9. The van der Waals surface area contributed by atoms with Gasteiger partial charge in [0, 0.05) is 5.56 Å². The zero-order valence-corrected chi connectivity index (χ0v) is 27.4. The molecule has 1 atom stereocenters. The number of benzene rings is 4. The van der Waals surface area contributed by atoms with Crippen LogP contribution in [0.15, 0.2) is 84.9 Å². The molecule has 2 heterocycles. The van der Waals surface area contributed by atoms with E-state index in [9.17, 15) is 28.8 Å². The van der Waals surface area contributed by atoms with Crippen molar-refractivity contribution in [2.24, 2.45) is 0 Å². The van der Waals surface area contributed by atoms with Crippen LogP contribution in [0.1, 0.15) is 125 Å². The predicted molar refractivity (Wildman–Crippen MR) is 178 cm³/mol. The van der Waals surface area contributed by atoms with Crippen molar-refractivity contribution in [1.82, 2.24) is 0 Å². The highest BCUT2D eigenvalue weighted by atomic mass is 16.6. The summed E-state index contributed by atoms with van der Waals surface area (Å²) in [4.78, 5) is 73.1. The highest BCUT2D eigenvalue weighted by molar-refractivity contribution is 6.16. The molecule has 0 N–H and O–H groups in total. The number of fused-ring (bicyclic) bond motifs is 2. The van der Waals surface area contributed by atoms with Gasteiger partial charge in [-0.25, -0.2) is 28.8 Å².